The minimum absolute atomic E-state index is 0.232. The molecule has 1 rings (SSSR count). The second-order valence-electron chi connectivity index (χ2n) is 5.12. The molecule has 0 radical (unpaired) electrons. The van der Waals surface area contributed by atoms with E-state index < -0.39 is 0 Å². The van der Waals surface area contributed by atoms with Crippen LogP contribution in [0.5, 0.6) is 5.75 Å². The fourth-order valence-electron chi connectivity index (χ4n) is 1.48. The second kappa shape index (κ2) is 8.89. The Hall–Kier alpha value is -1.27. The molecule has 1 aromatic carbocycles. The van der Waals surface area contributed by atoms with Crippen molar-refractivity contribution in [1.29, 1.82) is 0 Å². The lowest BCUT2D eigenvalue weighted by Crippen LogP contribution is -2.46. The first-order valence-corrected chi connectivity index (χ1v) is 7.64. The summed E-state index contributed by atoms with van der Waals surface area (Å²) in [5.41, 5.74) is -0.232. The van der Waals surface area contributed by atoms with Gasteiger partial charge in [0.1, 0.15) is 12.4 Å². The minimum Gasteiger partial charge on any atom is -0.492 e. The SMILES string of the molecule is CN=C(NCCOc1cccc(Br)c1)NCC(C)(C)OC. The van der Waals surface area contributed by atoms with Crippen LogP contribution in [0.15, 0.2) is 33.7 Å². The fraction of sp³-hybridized carbons (Fsp3) is 0.533. The van der Waals surface area contributed by atoms with Crippen molar-refractivity contribution in [2.24, 2.45) is 4.99 Å². The average molecular weight is 358 g/mol. The third-order valence-corrected chi connectivity index (χ3v) is 3.41. The number of ether oxygens (including phenoxy) is 2. The van der Waals surface area contributed by atoms with Crippen molar-refractivity contribution >= 4 is 21.9 Å². The molecule has 0 amide bonds. The molecule has 0 aliphatic carbocycles. The molecule has 1 aromatic rings. The maximum atomic E-state index is 5.65. The number of nitrogens with one attached hydrogen (secondary N) is 2. The maximum absolute atomic E-state index is 5.65. The molecule has 0 spiro atoms. The molecule has 0 atom stereocenters. The molecule has 0 heterocycles. The quantitative estimate of drug-likeness (QED) is 0.447. The Balaban J connectivity index is 2.27. The van der Waals surface area contributed by atoms with Crippen LogP contribution in [0.1, 0.15) is 13.8 Å². The number of hydrogen-bond acceptors (Lipinski definition) is 3. The summed E-state index contributed by atoms with van der Waals surface area (Å²) < 4.78 is 12.0. The molecule has 0 saturated heterocycles. The number of aliphatic imine (C=N–C) groups is 1. The molecule has 0 fully saturated rings. The zero-order chi connectivity index (χ0) is 15.7. The summed E-state index contributed by atoms with van der Waals surface area (Å²) in [6.45, 7) is 5.94. The van der Waals surface area contributed by atoms with Gasteiger partial charge < -0.3 is 20.1 Å². The van der Waals surface area contributed by atoms with Gasteiger partial charge in [0.05, 0.1) is 12.1 Å². The summed E-state index contributed by atoms with van der Waals surface area (Å²) in [7, 11) is 3.44. The third kappa shape index (κ3) is 7.34. The molecule has 0 aliphatic rings. The number of halogens is 1. The van der Waals surface area contributed by atoms with Crippen molar-refractivity contribution in [1.82, 2.24) is 10.6 Å². The van der Waals surface area contributed by atoms with Crippen LogP contribution in [0.3, 0.4) is 0 Å². The van der Waals surface area contributed by atoms with Gasteiger partial charge in [0, 0.05) is 25.2 Å². The van der Waals surface area contributed by atoms with E-state index in [1.54, 1.807) is 14.2 Å². The maximum Gasteiger partial charge on any atom is 0.191 e. The molecule has 0 saturated carbocycles. The summed E-state index contributed by atoms with van der Waals surface area (Å²) in [5, 5.41) is 6.42. The molecule has 0 unspecified atom stereocenters. The Morgan fingerprint density at radius 1 is 1.33 bits per heavy atom. The molecule has 0 bridgehead atoms. The molecule has 6 heteroatoms. The van der Waals surface area contributed by atoms with Gasteiger partial charge in [0.15, 0.2) is 5.96 Å². The Morgan fingerprint density at radius 3 is 2.71 bits per heavy atom. The summed E-state index contributed by atoms with van der Waals surface area (Å²) >= 11 is 3.41. The van der Waals surface area contributed by atoms with E-state index >= 15 is 0 Å². The highest BCUT2D eigenvalue weighted by molar-refractivity contribution is 9.10. The zero-order valence-electron chi connectivity index (χ0n) is 13.1. The van der Waals surface area contributed by atoms with E-state index in [1.807, 2.05) is 38.1 Å². The normalized spacial score (nSPS) is 12.1. The van der Waals surface area contributed by atoms with E-state index in [0.717, 1.165) is 16.2 Å². The number of rotatable bonds is 7. The zero-order valence-corrected chi connectivity index (χ0v) is 14.7. The van der Waals surface area contributed by atoms with Gasteiger partial charge >= 0.3 is 0 Å². The van der Waals surface area contributed by atoms with Crippen LogP contribution in [-0.4, -0.2) is 45.4 Å². The smallest absolute Gasteiger partial charge is 0.191 e. The first kappa shape index (κ1) is 17.8. The van der Waals surface area contributed by atoms with Gasteiger partial charge in [-0.05, 0) is 32.0 Å². The van der Waals surface area contributed by atoms with Gasteiger partial charge in [-0.3, -0.25) is 4.99 Å². The van der Waals surface area contributed by atoms with Crippen LogP contribution in [0.2, 0.25) is 0 Å². The number of guanidine groups is 1. The Kier molecular flexibility index (Phi) is 7.53. The van der Waals surface area contributed by atoms with Gasteiger partial charge in [-0.25, -0.2) is 0 Å². The lowest BCUT2D eigenvalue weighted by atomic mass is 10.1. The summed E-state index contributed by atoms with van der Waals surface area (Å²) in [6.07, 6.45) is 0. The van der Waals surface area contributed by atoms with Crippen molar-refractivity contribution in [3.05, 3.63) is 28.7 Å². The van der Waals surface area contributed by atoms with E-state index in [0.29, 0.717) is 19.7 Å². The van der Waals surface area contributed by atoms with E-state index in [4.69, 9.17) is 9.47 Å². The molecular formula is C15H24BrN3O2. The van der Waals surface area contributed by atoms with Crippen LogP contribution in [0.25, 0.3) is 0 Å². The summed E-state index contributed by atoms with van der Waals surface area (Å²) in [5.74, 6) is 1.58. The van der Waals surface area contributed by atoms with Gasteiger partial charge in [-0.1, -0.05) is 22.0 Å². The Morgan fingerprint density at radius 2 is 2.10 bits per heavy atom. The van der Waals surface area contributed by atoms with Crippen LogP contribution in [0, 0.1) is 0 Å². The molecular weight excluding hydrogens is 334 g/mol. The number of methoxy groups -OCH3 is 1. The van der Waals surface area contributed by atoms with Gasteiger partial charge in [-0.2, -0.15) is 0 Å². The van der Waals surface area contributed by atoms with E-state index in [-0.39, 0.29) is 5.60 Å². The van der Waals surface area contributed by atoms with Crippen molar-refractivity contribution in [3.63, 3.8) is 0 Å². The van der Waals surface area contributed by atoms with Crippen molar-refractivity contribution < 1.29 is 9.47 Å². The minimum atomic E-state index is -0.232. The molecule has 2 N–H and O–H groups in total. The first-order valence-electron chi connectivity index (χ1n) is 6.85. The predicted molar refractivity (Wildman–Crippen MR) is 90.1 cm³/mol. The number of benzene rings is 1. The summed E-state index contributed by atoms with van der Waals surface area (Å²) in [4.78, 5) is 4.16. The predicted octanol–water partition coefficient (Wildman–Crippen LogP) is 2.42. The molecule has 0 aliphatic heterocycles. The van der Waals surface area contributed by atoms with Crippen molar-refractivity contribution in [3.8, 4) is 5.75 Å². The largest absolute Gasteiger partial charge is 0.492 e. The van der Waals surface area contributed by atoms with Gasteiger partial charge in [0.2, 0.25) is 0 Å². The van der Waals surface area contributed by atoms with E-state index in [1.165, 1.54) is 0 Å². The monoisotopic (exact) mass is 357 g/mol. The third-order valence-electron chi connectivity index (χ3n) is 2.92. The number of hydrogen-bond donors (Lipinski definition) is 2. The van der Waals surface area contributed by atoms with Crippen LogP contribution >= 0.6 is 15.9 Å². The standard InChI is InChI=1S/C15H24BrN3O2/c1-15(2,20-4)11-19-14(17-3)18-8-9-21-13-7-5-6-12(16)10-13/h5-7,10H,8-9,11H2,1-4H3,(H2,17,18,19). The van der Waals surface area contributed by atoms with Crippen molar-refractivity contribution in [2.75, 3.05) is 33.9 Å². The fourth-order valence-corrected chi connectivity index (χ4v) is 1.86. The van der Waals surface area contributed by atoms with E-state index in [9.17, 15) is 0 Å². The van der Waals surface area contributed by atoms with Crippen LogP contribution in [0.4, 0.5) is 0 Å². The molecule has 118 valence electrons. The molecule has 21 heavy (non-hydrogen) atoms. The lowest BCUT2D eigenvalue weighted by molar-refractivity contribution is 0.0268. The van der Waals surface area contributed by atoms with Gasteiger partial charge in [-0.15, -0.1) is 0 Å². The van der Waals surface area contributed by atoms with Crippen LogP contribution in [-0.2, 0) is 4.74 Å². The highest BCUT2D eigenvalue weighted by Gasteiger charge is 2.16. The second-order valence-corrected chi connectivity index (χ2v) is 6.04. The molecule has 5 nitrogen and oxygen atoms in total. The Labute approximate surface area is 135 Å². The molecule has 0 aromatic heterocycles. The van der Waals surface area contributed by atoms with Gasteiger partial charge in [0.25, 0.3) is 0 Å². The van der Waals surface area contributed by atoms with Crippen molar-refractivity contribution in [2.45, 2.75) is 19.4 Å². The lowest BCUT2D eigenvalue weighted by Gasteiger charge is -2.24. The topological polar surface area (TPSA) is 54.9 Å². The Bertz CT molecular complexity index is 464. The first-order chi connectivity index (χ1) is 9.96. The number of nitrogens with zero attached hydrogens (tertiary/aromatic N) is 1. The summed E-state index contributed by atoms with van der Waals surface area (Å²) in [6, 6.07) is 7.78. The van der Waals surface area contributed by atoms with Crippen LogP contribution < -0.4 is 15.4 Å². The average Bonchev–Trinajstić information content (AvgIpc) is 2.46. The van der Waals surface area contributed by atoms with E-state index in [2.05, 4.69) is 31.6 Å². The highest BCUT2D eigenvalue weighted by atomic mass is 79.9. The highest BCUT2D eigenvalue weighted by Crippen LogP contribution is 2.17.